The summed E-state index contributed by atoms with van der Waals surface area (Å²) >= 11 is 6.10. The molecule has 0 radical (unpaired) electrons. The van der Waals surface area contributed by atoms with Crippen LogP contribution in [0.4, 0.5) is 5.69 Å². The average Bonchev–Trinajstić information content (AvgIpc) is 2.41. The zero-order chi connectivity index (χ0) is 13.8. The van der Waals surface area contributed by atoms with E-state index in [0.29, 0.717) is 10.8 Å². The molecule has 2 aromatic carbocycles. The molecule has 100 valence electrons. The SMILES string of the molecule is COc1ccc(C(C)Nc2ccccc2Cl)c(O)c1. The highest BCUT2D eigenvalue weighted by Gasteiger charge is 2.12. The first-order valence-electron chi connectivity index (χ1n) is 6.00. The van der Waals surface area contributed by atoms with Crippen molar-refractivity contribution < 1.29 is 9.84 Å². The molecular weight excluding hydrogens is 262 g/mol. The molecule has 0 spiro atoms. The highest BCUT2D eigenvalue weighted by molar-refractivity contribution is 6.33. The van der Waals surface area contributed by atoms with Crippen LogP contribution in [0.1, 0.15) is 18.5 Å². The van der Waals surface area contributed by atoms with Crippen LogP contribution in [0, 0.1) is 0 Å². The molecule has 2 N–H and O–H groups in total. The van der Waals surface area contributed by atoms with E-state index in [9.17, 15) is 5.11 Å². The maximum atomic E-state index is 9.99. The minimum absolute atomic E-state index is 0.0641. The fourth-order valence-corrected chi connectivity index (χ4v) is 2.10. The highest BCUT2D eigenvalue weighted by Crippen LogP contribution is 2.32. The maximum Gasteiger partial charge on any atom is 0.124 e. The number of hydrogen-bond donors (Lipinski definition) is 2. The number of methoxy groups -OCH3 is 1. The third-order valence-electron chi connectivity index (χ3n) is 2.95. The molecule has 4 heteroatoms. The summed E-state index contributed by atoms with van der Waals surface area (Å²) < 4.78 is 5.07. The van der Waals surface area contributed by atoms with Gasteiger partial charge in [-0.05, 0) is 31.2 Å². The Bertz CT molecular complexity index is 572. The van der Waals surface area contributed by atoms with Gasteiger partial charge in [0.2, 0.25) is 0 Å². The highest BCUT2D eigenvalue weighted by atomic mass is 35.5. The molecule has 3 nitrogen and oxygen atoms in total. The molecule has 0 aromatic heterocycles. The van der Waals surface area contributed by atoms with Gasteiger partial charge in [-0.25, -0.2) is 0 Å². The molecule has 0 heterocycles. The van der Waals surface area contributed by atoms with Gasteiger partial charge in [0.25, 0.3) is 0 Å². The molecular formula is C15H16ClNO2. The van der Waals surface area contributed by atoms with Gasteiger partial charge in [-0.15, -0.1) is 0 Å². The summed E-state index contributed by atoms with van der Waals surface area (Å²) in [7, 11) is 1.57. The lowest BCUT2D eigenvalue weighted by Gasteiger charge is -2.18. The van der Waals surface area contributed by atoms with Crippen molar-refractivity contribution in [1.29, 1.82) is 0 Å². The van der Waals surface area contributed by atoms with E-state index in [1.807, 2.05) is 43.3 Å². The number of phenols is 1. The summed E-state index contributed by atoms with van der Waals surface area (Å²) in [6, 6.07) is 12.7. The van der Waals surface area contributed by atoms with Gasteiger partial charge in [-0.1, -0.05) is 23.7 Å². The monoisotopic (exact) mass is 277 g/mol. The van der Waals surface area contributed by atoms with E-state index in [1.165, 1.54) is 0 Å². The molecule has 0 saturated heterocycles. The molecule has 19 heavy (non-hydrogen) atoms. The first-order valence-corrected chi connectivity index (χ1v) is 6.37. The summed E-state index contributed by atoms with van der Waals surface area (Å²) in [5.74, 6) is 0.831. The molecule has 2 rings (SSSR count). The molecule has 2 aromatic rings. The number of phenolic OH excluding ortho intramolecular Hbond substituents is 1. The number of hydrogen-bond acceptors (Lipinski definition) is 3. The third kappa shape index (κ3) is 3.12. The molecule has 0 bridgehead atoms. The summed E-state index contributed by atoms with van der Waals surface area (Å²) in [5.41, 5.74) is 1.63. The first kappa shape index (κ1) is 13.6. The van der Waals surface area contributed by atoms with E-state index in [1.54, 1.807) is 13.2 Å². The topological polar surface area (TPSA) is 41.5 Å². The number of rotatable bonds is 4. The van der Waals surface area contributed by atoms with Gasteiger partial charge < -0.3 is 15.2 Å². The number of halogens is 1. The molecule has 0 fully saturated rings. The second kappa shape index (κ2) is 5.85. The van der Waals surface area contributed by atoms with Crippen molar-refractivity contribution >= 4 is 17.3 Å². The smallest absolute Gasteiger partial charge is 0.124 e. The number of aromatic hydroxyl groups is 1. The predicted molar refractivity (Wildman–Crippen MR) is 78.1 cm³/mol. The number of ether oxygens (including phenoxy) is 1. The summed E-state index contributed by atoms with van der Waals surface area (Å²) in [4.78, 5) is 0. The summed E-state index contributed by atoms with van der Waals surface area (Å²) in [5, 5.41) is 13.9. The number of para-hydroxylation sites is 1. The fraction of sp³-hybridized carbons (Fsp3) is 0.200. The normalized spacial score (nSPS) is 11.9. The Morgan fingerprint density at radius 2 is 1.95 bits per heavy atom. The minimum Gasteiger partial charge on any atom is -0.507 e. The van der Waals surface area contributed by atoms with Crippen molar-refractivity contribution in [2.75, 3.05) is 12.4 Å². The van der Waals surface area contributed by atoms with Crippen LogP contribution in [0.25, 0.3) is 0 Å². The molecule has 0 saturated carbocycles. The van der Waals surface area contributed by atoms with Crippen LogP contribution >= 0.6 is 11.6 Å². The van der Waals surface area contributed by atoms with Crippen molar-refractivity contribution in [3.63, 3.8) is 0 Å². The second-order valence-electron chi connectivity index (χ2n) is 4.27. The summed E-state index contributed by atoms with van der Waals surface area (Å²) in [6.45, 7) is 1.96. The van der Waals surface area contributed by atoms with Crippen LogP contribution in [0.15, 0.2) is 42.5 Å². The Morgan fingerprint density at radius 1 is 1.21 bits per heavy atom. The van der Waals surface area contributed by atoms with E-state index in [2.05, 4.69) is 5.32 Å². The van der Waals surface area contributed by atoms with Crippen LogP contribution in [-0.2, 0) is 0 Å². The predicted octanol–water partition coefficient (Wildman–Crippen LogP) is 4.23. The van der Waals surface area contributed by atoms with E-state index in [4.69, 9.17) is 16.3 Å². The van der Waals surface area contributed by atoms with Crippen molar-refractivity contribution in [2.45, 2.75) is 13.0 Å². The Hall–Kier alpha value is -1.87. The number of nitrogens with one attached hydrogen (secondary N) is 1. The lowest BCUT2D eigenvalue weighted by Crippen LogP contribution is -2.07. The Balaban J connectivity index is 2.21. The van der Waals surface area contributed by atoms with E-state index < -0.39 is 0 Å². The molecule has 1 unspecified atom stereocenters. The second-order valence-corrected chi connectivity index (χ2v) is 4.68. The van der Waals surface area contributed by atoms with Gasteiger partial charge in [0.15, 0.2) is 0 Å². The zero-order valence-corrected chi connectivity index (χ0v) is 11.6. The number of benzene rings is 2. The average molecular weight is 278 g/mol. The largest absolute Gasteiger partial charge is 0.507 e. The van der Waals surface area contributed by atoms with Crippen molar-refractivity contribution in [1.82, 2.24) is 0 Å². The maximum absolute atomic E-state index is 9.99. The van der Waals surface area contributed by atoms with Gasteiger partial charge in [-0.2, -0.15) is 0 Å². The van der Waals surface area contributed by atoms with Crippen LogP contribution in [-0.4, -0.2) is 12.2 Å². The van der Waals surface area contributed by atoms with E-state index in [0.717, 1.165) is 11.3 Å². The van der Waals surface area contributed by atoms with Crippen molar-refractivity contribution in [3.05, 3.63) is 53.1 Å². The molecule has 0 aliphatic carbocycles. The van der Waals surface area contributed by atoms with Crippen molar-refractivity contribution in [2.24, 2.45) is 0 Å². The Labute approximate surface area is 117 Å². The molecule has 0 aliphatic heterocycles. The fourth-order valence-electron chi connectivity index (χ4n) is 1.91. The van der Waals surface area contributed by atoms with Gasteiger partial charge in [0.05, 0.1) is 23.9 Å². The van der Waals surface area contributed by atoms with E-state index >= 15 is 0 Å². The van der Waals surface area contributed by atoms with Crippen LogP contribution < -0.4 is 10.1 Å². The Morgan fingerprint density at radius 3 is 2.58 bits per heavy atom. The van der Waals surface area contributed by atoms with Crippen LogP contribution in [0.3, 0.4) is 0 Å². The standard InChI is InChI=1S/C15H16ClNO2/c1-10(17-14-6-4-3-5-13(14)16)12-8-7-11(19-2)9-15(12)18/h3-10,17-18H,1-2H3. The Kier molecular flexibility index (Phi) is 4.17. The minimum atomic E-state index is -0.0641. The van der Waals surface area contributed by atoms with Gasteiger partial charge in [-0.3, -0.25) is 0 Å². The quantitative estimate of drug-likeness (QED) is 0.879. The lowest BCUT2D eigenvalue weighted by molar-refractivity contribution is 0.406. The third-order valence-corrected chi connectivity index (χ3v) is 3.28. The lowest BCUT2D eigenvalue weighted by atomic mass is 10.1. The van der Waals surface area contributed by atoms with Gasteiger partial charge in [0, 0.05) is 11.6 Å². The molecule has 1 atom stereocenters. The number of anilines is 1. The van der Waals surface area contributed by atoms with Crippen LogP contribution in [0.2, 0.25) is 5.02 Å². The van der Waals surface area contributed by atoms with Gasteiger partial charge in [0.1, 0.15) is 11.5 Å². The molecule has 0 aliphatic rings. The van der Waals surface area contributed by atoms with Crippen LogP contribution in [0.5, 0.6) is 11.5 Å². The van der Waals surface area contributed by atoms with E-state index in [-0.39, 0.29) is 11.8 Å². The first-order chi connectivity index (χ1) is 9.11. The molecule has 0 amide bonds. The zero-order valence-electron chi connectivity index (χ0n) is 10.9. The van der Waals surface area contributed by atoms with Gasteiger partial charge >= 0.3 is 0 Å². The van der Waals surface area contributed by atoms with Crippen molar-refractivity contribution in [3.8, 4) is 11.5 Å². The summed E-state index contributed by atoms with van der Waals surface area (Å²) in [6.07, 6.45) is 0.